The van der Waals surface area contributed by atoms with Crippen molar-refractivity contribution in [1.82, 2.24) is 0 Å². The second-order valence-electron chi connectivity index (χ2n) is 6.14. The van der Waals surface area contributed by atoms with Crippen LogP contribution in [0.1, 0.15) is 0 Å². The molecule has 0 amide bonds. The van der Waals surface area contributed by atoms with Crippen molar-refractivity contribution in [2.75, 3.05) is 29.6 Å². The summed E-state index contributed by atoms with van der Waals surface area (Å²) in [5.74, 6) is 1.15. The van der Waals surface area contributed by atoms with Crippen LogP contribution in [0, 0.1) is 0 Å². The number of hydrogen-bond acceptors (Lipinski definition) is 5. The fourth-order valence-corrected chi connectivity index (χ4v) is 3.95. The summed E-state index contributed by atoms with van der Waals surface area (Å²) in [5.41, 5.74) is 1.78. The Bertz CT molecular complexity index is 1130. The van der Waals surface area contributed by atoms with Crippen LogP contribution in [0.3, 0.4) is 0 Å². The van der Waals surface area contributed by atoms with Gasteiger partial charge < -0.3 is 20.1 Å². The number of anilines is 3. The number of ether oxygens (including phenoxy) is 2. The fourth-order valence-electron chi connectivity index (χ4n) is 2.64. The smallest absolute Gasteiger partial charge is 0.262 e. The molecule has 3 aromatic rings. The quantitative estimate of drug-likeness (QED) is 0.469. The molecule has 0 bridgehead atoms. The number of methoxy groups -OCH3 is 2. The van der Waals surface area contributed by atoms with Crippen LogP contribution >= 0.6 is 12.2 Å². The van der Waals surface area contributed by atoms with Crippen LogP contribution in [0.5, 0.6) is 11.5 Å². The third-order valence-electron chi connectivity index (χ3n) is 4.10. The Morgan fingerprint density at radius 1 is 0.833 bits per heavy atom. The van der Waals surface area contributed by atoms with Crippen LogP contribution < -0.4 is 24.8 Å². The molecule has 0 aliphatic rings. The summed E-state index contributed by atoms with van der Waals surface area (Å²) in [7, 11) is -0.694. The van der Waals surface area contributed by atoms with Crippen LogP contribution in [0.25, 0.3) is 0 Å². The summed E-state index contributed by atoms with van der Waals surface area (Å²) in [4.78, 5) is 0.116. The fraction of sp³-hybridized carbons (Fsp3) is 0.0952. The van der Waals surface area contributed by atoms with Crippen molar-refractivity contribution in [3.05, 3.63) is 72.8 Å². The zero-order valence-electron chi connectivity index (χ0n) is 16.4. The lowest BCUT2D eigenvalue weighted by atomic mass is 10.3. The van der Waals surface area contributed by atoms with E-state index in [0.29, 0.717) is 28.0 Å². The van der Waals surface area contributed by atoms with Gasteiger partial charge in [0.2, 0.25) is 0 Å². The Kier molecular flexibility index (Phi) is 6.76. The Hall–Kier alpha value is -3.30. The lowest BCUT2D eigenvalue weighted by molar-refractivity contribution is 0.415. The average Bonchev–Trinajstić information content (AvgIpc) is 2.74. The molecule has 0 atom stereocenters. The van der Waals surface area contributed by atoms with E-state index in [1.54, 1.807) is 43.5 Å². The monoisotopic (exact) mass is 443 g/mol. The first-order valence-corrected chi connectivity index (χ1v) is 10.8. The molecule has 0 unspecified atom stereocenters. The predicted octanol–water partition coefficient (Wildman–Crippen LogP) is 4.31. The van der Waals surface area contributed by atoms with Gasteiger partial charge in [-0.1, -0.05) is 18.2 Å². The molecule has 0 saturated heterocycles. The number of benzene rings is 3. The number of para-hydroxylation sites is 2. The highest BCUT2D eigenvalue weighted by Gasteiger charge is 2.16. The van der Waals surface area contributed by atoms with Crippen molar-refractivity contribution in [3.63, 3.8) is 0 Å². The van der Waals surface area contributed by atoms with Crippen LogP contribution in [-0.4, -0.2) is 27.7 Å². The second-order valence-corrected chi connectivity index (χ2v) is 8.23. The minimum absolute atomic E-state index is 0.116. The molecule has 7 nitrogen and oxygen atoms in total. The standard InChI is InChI=1S/C21H21N3O4S2/c1-27-17-7-5-6-16(14-17)23-21(29)22-15-10-12-18(13-11-15)30(25,26)24-19-8-3-4-9-20(19)28-2/h3-14,24H,1-2H3,(H2,22,23,29). The van der Waals surface area contributed by atoms with E-state index in [2.05, 4.69) is 15.4 Å². The summed E-state index contributed by atoms with van der Waals surface area (Å²) in [5, 5.41) is 6.44. The van der Waals surface area contributed by atoms with Crippen molar-refractivity contribution < 1.29 is 17.9 Å². The molecule has 3 aromatic carbocycles. The lowest BCUT2D eigenvalue weighted by Crippen LogP contribution is -2.19. The number of rotatable bonds is 7. The molecule has 0 aliphatic carbocycles. The molecule has 3 N–H and O–H groups in total. The molecule has 9 heteroatoms. The summed E-state index contributed by atoms with van der Waals surface area (Å²) < 4.78 is 38.2. The van der Waals surface area contributed by atoms with Crippen molar-refractivity contribution in [3.8, 4) is 11.5 Å². The topological polar surface area (TPSA) is 88.7 Å². The molecule has 3 rings (SSSR count). The zero-order valence-corrected chi connectivity index (χ0v) is 18.0. The number of hydrogen-bond donors (Lipinski definition) is 3. The van der Waals surface area contributed by atoms with Gasteiger partial charge >= 0.3 is 0 Å². The molecule has 0 heterocycles. The van der Waals surface area contributed by atoms with E-state index in [-0.39, 0.29) is 4.90 Å². The molecule has 0 fully saturated rings. The molecule has 0 aliphatic heterocycles. The first-order valence-electron chi connectivity index (χ1n) is 8.89. The van der Waals surface area contributed by atoms with E-state index in [1.807, 2.05) is 24.3 Å². The van der Waals surface area contributed by atoms with Gasteiger partial charge in [0.15, 0.2) is 5.11 Å². The zero-order chi connectivity index (χ0) is 21.6. The minimum atomic E-state index is -3.77. The first-order chi connectivity index (χ1) is 14.4. The lowest BCUT2D eigenvalue weighted by Gasteiger charge is -2.13. The van der Waals surface area contributed by atoms with Gasteiger partial charge in [0.05, 0.1) is 24.8 Å². The number of sulfonamides is 1. The van der Waals surface area contributed by atoms with Gasteiger partial charge in [0.25, 0.3) is 10.0 Å². The van der Waals surface area contributed by atoms with E-state index >= 15 is 0 Å². The van der Waals surface area contributed by atoms with Crippen molar-refractivity contribution in [2.24, 2.45) is 0 Å². The molecule has 30 heavy (non-hydrogen) atoms. The van der Waals surface area contributed by atoms with Crippen LogP contribution in [-0.2, 0) is 10.0 Å². The molecular weight excluding hydrogens is 422 g/mol. The molecule has 156 valence electrons. The van der Waals surface area contributed by atoms with Crippen molar-refractivity contribution >= 4 is 44.4 Å². The summed E-state index contributed by atoms with van der Waals surface area (Å²) >= 11 is 5.31. The Morgan fingerprint density at radius 2 is 1.53 bits per heavy atom. The van der Waals surface area contributed by atoms with Crippen molar-refractivity contribution in [1.29, 1.82) is 0 Å². The molecular formula is C21H21N3O4S2. The highest BCUT2D eigenvalue weighted by Crippen LogP contribution is 2.26. The van der Waals surface area contributed by atoms with Crippen molar-refractivity contribution in [2.45, 2.75) is 4.90 Å². The maximum absolute atomic E-state index is 12.7. The highest BCUT2D eigenvalue weighted by molar-refractivity contribution is 7.92. The summed E-state index contributed by atoms with van der Waals surface area (Å²) in [6.45, 7) is 0. The number of thiocarbonyl (C=S) groups is 1. The van der Waals surface area contributed by atoms with E-state index in [4.69, 9.17) is 21.7 Å². The van der Waals surface area contributed by atoms with E-state index in [1.165, 1.54) is 19.2 Å². The van der Waals surface area contributed by atoms with Crippen LogP contribution in [0.15, 0.2) is 77.7 Å². The predicted molar refractivity (Wildman–Crippen MR) is 123 cm³/mol. The summed E-state index contributed by atoms with van der Waals surface area (Å²) in [6, 6.07) is 20.4. The normalized spacial score (nSPS) is 10.7. The van der Waals surface area contributed by atoms with E-state index < -0.39 is 10.0 Å². The van der Waals surface area contributed by atoms with E-state index in [9.17, 15) is 8.42 Å². The average molecular weight is 444 g/mol. The van der Waals surface area contributed by atoms with Crippen LogP contribution in [0.2, 0.25) is 0 Å². The Morgan fingerprint density at radius 3 is 2.23 bits per heavy atom. The van der Waals surface area contributed by atoms with Gasteiger partial charge in [0.1, 0.15) is 11.5 Å². The van der Waals surface area contributed by atoms with Gasteiger partial charge in [0, 0.05) is 17.4 Å². The maximum atomic E-state index is 12.7. The highest BCUT2D eigenvalue weighted by atomic mass is 32.2. The SMILES string of the molecule is COc1cccc(NC(=S)Nc2ccc(S(=O)(=O)Nc3ccccc3OC)cc2)c1. The largest absolute Gasteiger partial charge is 0.497 e. The van der Waals surface area contributed by atoms with Gasteiger partial charge in [-0.25, -0.2) is 8.42 Å². The molecule has 0 radical (unpaired) electrons. The Balaban J connectivity index is 1.67. The van der Waals surface area contributed by atoms with Gasteiger partial charge in [-0.2, -0.15) is 0 Å². The minimum Gasteiger partial charge on any atom is -0.497 e. The molecule has 0 saturated carbocycles. The number of nitrogens with one attached hydrogen (secondary N) is 3. The van der Waals surface area contributed by atoms with Gasteiger partial charge in [-0.05, 0) is 60.7 Å². The van der Waals surface area contributed by atoms with Gasteiger partial charge in [-0.15, -0.1) is 0 Å². The second kappa shape index (κ2) is 9.47. The third kappa shape index (κ3) is 5.40. The van der Waals surface area contributed by atoms with Crippen LogP contribution in [0.4, 0.5) is 17.1 Å². The molecule has 0 aromatic heterocycles. The van der Waals surface area contributed by atoms with E-state index in [0.717, 1.165) is 5.69 Å². The third-order valence-corrected chi connectivity index (χ3v) is 5.69. The maximum Gasteiger partial charge on any atom is 0.262 e. The first kappa shape index (κ1) is 21.4. The summed E-state index contributed by atoms with van der Waals surface area (Å²) in [6.07, 6.45) is 0. The Labute approximate surface area is 181 Å². The molecule has 0 spiro atoms. The van der Waals surface area contributed by atoms with Gasteiger partial charge in [-0.3, -0.25) is 4.72 Å².